The molecule has 0 saturated carbocycles. The lowest BCUT2D eigenvalue weighted by atomic mass is 10.0. The average Bonchev–Trinajstić information content (AvgIpc) is 2.58. The van der Waals surface area contributed by atoms with Crippen molar-refractivity contribution in [2.45, 2.75) is 63.3 Å². The van der Waals surface area contributed by atoms with E-state index in [-0.39, 0.29) is 24.2 Å². The van der Waals surface area contributed by atoms with Crippen LogP contribution in [0.3, 0.4) is 0 Å². The van der Waals surface area contributed by atoms with Crippen LogP contribution in [0, 0.1) is 0 Å². The normalized spacial score (nSPS) is 32.1. The Labute approximate surface area is 106 Å². The summed E-state index contributed by atoms with van der Waals surface area (Å²) in [6.07, 6.45) is 3.06. The number of amides is 2. The first-order valence-corrected chi connectivity index (χ1v) is 6.52. The topological polar surface area (TPSA) is 89.9 Å². The molecule has 2 fully saturated rings. The predicted molar refractivity (Wildman–Crippen MR) is 64.1 cm³/mol. The number of carbonyl (C=O) groups excluding carboxylic acids is 1. The van der Waals surface area contributed by atoms with Gasteiger partial charge in [0.15, 0.2) is 0 Å². The van der Waals surface area contributed by atoms with Crippen LogP contribution in [-0.4, -0.2) is 51.3 Å². The summed E-state index contributed by atoms with van der Waals surface area (Å²) in [7, 11) is 0. The molecule has 0 radical (unpaired) electrons. The number of carboxylic acid groups (broad SMARTS) is 1. The highest BCUT2D eigenvalue weighted by Crippen LogP contribution is 2.35. The SMILES string of the molecule is CC[C@@H](NC(=O)N1C2CCC1CC(O)C2)C(=O)O. The van der Waals surface area contributed by atoms with Gasteiger partial charge in [-0.2, -0.15) is 0 Å². The van der Waals surface area contributed by atoms with Crippen molar-refractivity contribution in [1.29, 1.82) is 0 Å². The summed E-state index contributed by atoms with van der Waals surface area (Å²) >= 11 is 0. The summed E-state index contributed by atoms with van der Waals surface area (Å²) in [5.41, 5.74) is 0. The number of fused-ring (bicyclic) bond motifs is 2. The van der Waals surface area contributed by atoms with Crippen molar-refractivity contribution in [3.05, 3.63) is 0 Å². The molecular weight excluding hydrogens is 236 g/mol. The third kappa shape index (κ3) is 2.43. The summed E-state index contributed by atoms with van der Waals surface area (Å²) in [5.74, 6) is -1.00. The van der Waals surface area contributed by atoms with E-state index in [0.717, 1.165) is 12.8 Å². The van der Waals surface area contributed by atoms with Crippen LogP contribution in [0.15, 0.2) is 0 Å². The van der Waals surface area contributed by atoms with E-state index in [1.165, 1.54) is 0 Å². The van der Waals surface area contributed by atoms with Crippen LogP contribution in [0.5, 0.6) is 0 Å². The van der Waals surface area contributed by atoms with Crippen LogP contribution in [0.1, 0.15) is 39.0 Å². The van der Waals surface area contributed by atoms with Crippen molar-refractivity contribution in [2.75, 3.05) is 0 Å². The number of nitrogens with zero attached hydrogens (tertiary/aromatic N) is 1. The Morgan fingerprint density at radius 1 is 1.33 bits per heavy atom. The predicted octanol–water partition coefficient (Wildman–Crippen LogP) is 0.547. The van der Waals surface area contributed by atoms with Gasteiger partial charge >= 0.3 is 12.0 Å². The van der Waals surface area contributed by atoms with Crippen molar-refractivity contribution in [3.8, 4) is 0 Å². The van der Waals surface area contributed by atoms with E-state index < -0.39 is 12.0 Å². The third-order valence-electron chi connectivity index (χ3n) is 3.95. The lowest BCUT2D eigenvalue weighted by Crippen LogP contribution is -2.55. The fourth-order valence-electron chi connectivity index (χ4n) is 3.04. The van der Waals surface area contributed by atoms with Gasteiger partial charge in [-0.15, -0.1) is 0 Å². The summed E-state index contributed by atoms with van der Waals surface area (Å²) in [5, 5.41) is 21.1. The molecule has 0 aromatic rings. The molecule has 0 aromatic heterocycles. The molecule has 6 nitrogen and oxygen atoms in total. The first kappa shape index (κ1) is 13.1. The number of hydrogen-bond acceptors (Lipinski definition) is 3. The Balaban J connectivity index is 2.00. The minimum Gasteiger partial charge on any atom is -0.480 e. The molecule has 102 valence electrons. The highest BCUT2D eigenvalue weighted by molar-refractivity contribution is 5.83. The second kappa shape index (κ2) is 5.14. The summed E-state index contributed by atoms with van der Waals surface area (Å²) in [4.78, 5) is 24.7. The van der Waals surface area contributed by atoms with Gasteiger partial charge in [0.05, 0.1) is 6.10 Å². The van der Waals surface area contributed by atoms with Gasteiger partial charge < -0.3 is 20.4 Å². The maximum Gasteiger partial charge on any atom is 0.326 e. The first-order chi connectivity index (χ1) is 8.52. The quantitative estimate of drug-likeness (QED) is 0.687. The number of hydrogen-bond donors (Lipinski definition) is 3. The lowest BCUT2D eigenvalue weighted by Gasteiger charge is -2.37. The van der Waals surface area contributed by atoms with Gasteiger partial charge in [0.25, 0.3) is 0 Å². The van der Waals surface area contributed by atoms with Gasteiger partial charge in [-0.1, -0.05) is 6.92 Å². The molecule has 2 heterocycles. The minimum absolute atomic E-state index is 0.0602. The van der Waals surface area contributed by atoms with E-state index in [1.807, 2.05) is 0 Å². The fraction of sp³-hybridized carbons (Fsp3) is 0.833. The standard InChI is InChI=1S/C12H20N2O4/c1-2-10(11(16)17)13-12(18)14-7-3-4-8(14)6-9(15)5-7/h7-10,15H,2-6H2,1H3,(H,13,18)(H,16,17)/t7?,8?,9?,10-/m1/s1. The molecule has 2 bridgehead atoms. The summed E-state index contributed by atoms with van der Waals surface area (Å²) in [6, 6.07) is -1.01. The number of piperidine rings is 1. The second-order valence-corrected chi connectivity index (χ2v) is 5.17. The zero-order valence-electron chi connectivity index (χ0n) is 10.5. The number of carboxylic acids is 1. The molecule has 3 atom stereocenters. The zero-order valence-corrected chi connectivity index (χ0v) is 10.5. The average molecular weight is 256 g/mol. The van der Waals surface area contributed by atoms with Crippen LogP contribution < -0.4 is 5.32 Å². The van der Waals surface area contributed by atoms with Gasteiger partial charge in [0.1, 0.15) is 6.04 Å². The van der Waals surface area contributed by atoms with Gasteiger partial charge in [0, 0.05) is 12.1 Å². The maximum atomic E-state index is 12.1. The molecule has 6 heteroatoms. The van der Waals surface area contributed by atoms with Crippen molar-refractivity contribution in [3.63, 3.8) is 0 Å². The first-order valence-electron chi connectivity index (χ1n) is 6.52. The van der Waals surface area contributed by atoms with E-state index in [2.05, 4.69) is 5.32 Å². The molecule has 0 spiro atoms. The number of urea groups is 1. The largest absolute Gasteiger partial charge is 0.480 e. The monoisotopic (exact) mass is 256 g/mol. The van der Waals surface area contributed by atoms with Gasteiger partial charge in [-0.3, -0.25) is 0 Å². The van der Waals surface area contributed by atoms with Crippen molar-refractivity contribution in [1.82, 2.24) is 10.2 Å². The van der Waals surface area contributed by atoms with Crippen LogP contribution >= 0.6 is 0 Å². The van der Waals surface area contributed by atoms with E-state index in [1.54, 1.807) is 11.8 Å². The van der Waals surface area contributed by atoms with Crippen LogP contribution in [0.2, 0.25) is 0 Å². The molecule has 3 N–H and O–H groups in total. The van der Waals surface area contributed by atoms with E-state index in [0.29, 0.717) is 19.3 Å². The molecule has 2 unspecified atom stereocenters. The number of aliphatic carboxylic acids is 1. The van der Waals surface area contributed by atoms with E-state index in [4.69, 9.17) is 5.11 Å². The van der Waals surface area contributed by atoms with Gasteiger partial charge in [-0.05, 0) is 32.1 Å². The molecule has 18 heavy (non-hydrogen) atoms. The molecule has 2 aliphatic heterocycles. The van der Waals surface area contributed by atoms with E-state index >= 15 is 0 Å². The molecule has 2 aliphatic rings. The Hall–Kier alpha value is -1.30. The molecule has 2 saturated heterocycles. The molecular formula is C12H20N2O4. The highest BCUT2D eigenvalue weighted by Gasteiger charge is 2.43. The van der Waals surface area contributed by atoms with E-state index in [9.17, 15) is 14.7 Å². The fourth-order valence-corrected chi connectivity index (χ4v) is 3.04. The van der Waals surface area contributed by atoms with Gasteiger partial charge in [0.2, 0.25) is 0 Å². The van der Waals surface area contributed by atoms with Crippen LogP contribution in [0.4, 0.5) is 4.79 Å². The maximum absolute atomic E-state index is 12.1. The summed E-state index contributed by atoms with van der Waals surface area (Å²) < 4.78 is 0. The third-order valence-corrected chi connectivity index (χ3v) is 3.95. The Morgan fingerprint density at radius 2 is 1.89 bits per heavy atom. The van der Waals surface area contributed by atoms with Crippen molar-refractivity contribution < 1.29 is 19.8 Å². The molecule has 2 amide bonds. The highest BCUT2D eigenvalue weighted by atomic mass is 16.4. The molecule has 2 rings (SSSR count). The summed E-state index contributed by atoms with van der Waals surface area (Å²) in [6.45, 7) is 1.73. The van der Waals surface area contributed by atoms with Crippen LogP contribution in [-0.2, 0) is 4.79 Å². The van der Waals surface area contributed by atoms with Crippen molar-refractivity contribution >= 4 is 12.0 Å². The number of nitrogens with one attached hydrogen (secondary N) is 1. The lowest BCUT2D eigenvalue weighted by molar-refractivity contribution is -0.139. The number of aliphatic hydroxyl groups excluding tert-OH is 1. The number of carbonyl (C=O) groups is 2. The Bertz CT molecular complexity index is 333. The number of aliphatic hydroxyl groups is 1. The number of rotatable bonds is 3. The smallest absolute Gasteiger partial charge is 0.326 e. The van der Waals surface area contributed by atoms with Gasteiger partial charge in [-0.25, -0.2) is 9.59 Å². The van der Waals surface area contributed by atoms with Crippen LogP contribution in [0.25, 0.3) is 0 Å². The Kier molecular flexibility index (Phi) is 3.75. The second-order valence-electron chi connectivity index (χ2n) is 5.17. The minimum atomic E-state index is -1.00. The van der Waals surface area contributed by atoms with Crippen molar-refractivity contribution in [2.24, 2.45) is 0 Å². The Morgan fingerprint density at radius 3 is 2.33 bits per heavy atom. The molecule has 0 aromatic carbocycles. The zero-order chi connectivity index (χ0) is 13.3. The molecule has 0 aliphatic carbocycles.